The molecular weight excluding hydrogens is 435 g/mol. The minimum atomic E-state index is 0.131. The van der Waals surface area contributed by atoms with Gasteiger partial charge in [0.1, 0.15) is 5.75 Å². The topological polar surface area (TPSA) is 57.7 Å². The van der Waals surface area contributed by atoms with Crippen molar-refractivity contribution in [2.45, 2.75) is 32.2 Å². The Kier molecular flexibility index (Phi) is 9.12. The number of pyridine rings is 1. The number of para-hydroxylation sites is 1. The van der Waals surface area contributed by atoms with Crippen LogP contribution in [0.1, 0.15) is 31.2 Å². The van der Waals surface area contributed by atoms with Crippen LogP contribution in [0.2, 0.25) is 0 Å². The second kappa shape index (κ2) is 12.9. The van der Waals surface area contributed by atoms with Crippen LogP contribution in [0, 0.1) is 0 Å². The number of nitrogens with zero attached hydrogens (tertiary/aromatic N) is 3. The third kappa shape index (κ3) is 7.30. The lowest BCUT2D eigenvalue weighted by Crippen LogP contribution is -2.46. The summed E-state index contributed by atoms with van der Waals surface area (Å²) in [4.78, 5) is 21.1. The Hall–Kier alpha value is -3.38. The highest BCUT2D eigenvalue weighted by atomic mass is 16.4. The number of methoxy groups -OCH3 is 1. The first-order valence-corrected chi connectivity index (χ1v) is 12.6. The third-order valence-electron chi connectivity index (χ3n) is 6.64. The molecule has 1 aliphatic rings. The molecule has 6 nitrogen and oxygen atoms in total. The van der Waals surface area contributed by atoms with Gasteiger partial charge >= 0.3 is 0 Å². The molecule has 1 saturated heterocycles. The zero-order chi connectivity index (χ0) is 24.3. The maximum absolute atomic E-state index is 12.1. The van der Waals surface area contributed by atoms with Gasteiger partial charge in [-0.05, 0) is 60.8 Å². The predicted octanol–water partition coefficient (Wildman–Crippen LogP) is 4.76. The van der Waals surface area contributed by atoms with Crippen LogP contribution in [0.25, 0.3) is 11.1 Å². The number of carbonyl (C=O) groups excluding carboxylic acids is 1. The summed E-state index contributed by atoms with van der Waals surface area (Å²) in [5, 5.41) is 2.99. The van der Waals surface area contributed by atoms with E-state index in [0.29, 0.717) is 13.0 Å². The second-order valence-corrected chi connectivity index (χ2v) is 9.02. The van der Waals surface area contributed by atoms with Crippen LogP contribution in [-0.2, 0) is 11.3 Å². The Morgan fingerprint density at radius 3 is 2.40 bits per heavy atom. The van der Waals surface area contributed by atoms with Gasteiger partial charge in [0.25, 0.3) is 0 Å². The minimum absolute atomic E-state index is 0.131. The van der Waals surface area contributed by atoms with E-state index in [2.05, 4.69) is 56.5 Å². The lowest BCUT2D eigenvalue weighted by molar-refractivity contribution is -0.121. The fraction of sp³-hybridized carbons (Fsp3) is 0.379. The molecule has 0 saturated carbocycles. The molecule has 6 heteroatoms. The van der Waals surface area contributed by atoms with E-state index < -0.39 is 0 Å². The van der Waals surface area contributed by atoms with Gasteiger partial charge in [-0.2, -0.15) is 0 Å². The predicted molar refractivity (Wildman–Crippen MR) is 142 cm³/mol. The molecule has 4 rings (SSSR count). The fourth-order valence-electron chi connectivity index (χ4n) is 4.56. The molecule has 0 aliphatic carbocycles. The van der Waals surface area contributed by atoms with Crippen molar-refractivity contribution in [1.29, 1.82) is 0 Å². The van der Waals surface area contributed by atoms with E-state index in [1.165, 1.54) is 16.8 Å². The summed E-state index contributed by atoms with van der Waals surface area (Å²) in [5.74, 6) is 1.01. The van der Waals surface area contributed by atoms with Gasteiger partial charge in [-0.25, -0.2) is 0 Å². The molecule has 1 fully saturated rings. The number of nitrogens with one attached hydrogen (secondary N) is 1. The van der Waals surface area contributed by atoms with Crippen LogP contribution in [-0.4, -0.2) is 55.6 Å². The minimum Gasteiger partial charge on any atom is -0.497 e. The van der Waals surface area contributed by atoms with Gasteiger partial charge in [0, 0.05) is 62.8 Å². The summed E-state index contributed by atoms with van der Waals surface area (Å²) in [7, 11) is 1.70. The van der Waals surface area contributed by atoms with E-state index in [4.69, 9.17) is 4.74 Å². The first-order chi connectivity index (χ1) is 17.2. The van der Waals surface area contributed by atoms with E-state index >= 15 is 0 Å². The SMILES string of the molecule is [11CH3]Oc1ccc(-c2ccccc2N2CCN(CCCCCC(=O)NCc3ccncc3)CC2)cc1. The lowest BCUT2D eigenvalue weighted by Gasteiger charge is -2.37. The van der Waals surface area contributed by atoms with Gasteiger partial charge in [-0.15, -0.1) is 0 Å². The van der Waals surface area contributed by atoms with Crippen molar-refractivity contribution in [2.24, 2.45) is 0 Å². The first kappa shape index (κ1) is 24.7. The Labute approximate surface area is 208 Å². The number of carbonyl (C=O) groups is 1. The summed E-state index contributed by atoms with van der Waals surface area (Å²) in [6, 6.07) is 20.8. The number of benzene rings is 2. The number of piperazine rings is 1. The highest BCUT2D eigenvalue weighted by molar-refractivity contribution is 5.79. The molecule has 0 radical (unpaired) electrons. The molecule has 1 aromatic heterocycles. The van der Waals surface area contributed by atoms with Gasteiger partial charge in [0.15, 0.2) is 0 Å². The Bertz CT molecular complexity index is 1050. The largest absolute Gasteiger partial charge is 0.497 e. The Morgan fingerprint density at radius 1 is 0.914 bits per heavy atom. The van der Waals surface area contributed by atoms with Crippen molar-refractivity contribution in [2.75, 3.05) is 44.7 Å². The smallest absolute Gasteiger partial charge is 0.220 e. The molecule has 35 heavy (non-hydrogen) atoms. The molecule has 1 aliphatic heterocycles. The van der Waals surface area contributed by atoms with Crippen LogP contribution in [0.5, 0.6) is 5.75 Å². The molecule has 184 valence electrons. The number of aromatic nitrogens is 1. The lowest BCUT2D eigenvalue weighted by atomic mass is 10.0. The zero-order valence-corrected chi connectivity index (χ0v) is 20.7. The maximum atomic E-state index is 12.1. The molecule has 0 atom stereocenters. The van der Waals surface area contributed by atoms with Crippen molar-refractivity contribution >= 4 is 11.6 Å². The first-order valence-electron chi connectivity index (χ1n) is 12.6. The average Bonchev–Trinajstić information content (AvgIpc) is 2.93. The molecule has 3 aromatic rings. The van der Waals surface area contributed by atoms with Crippen LogP contribution < -0.4 is 15.0 Å². The molecule has 2 heterocycles. The van der Waals surface area contributed by atoms with Crippen molar-refractivity contribution in [3.63, 3.8) is 0 Å². The Morgan fingerprint density at radius 2 is 1.66 bits per heavy atom. The highest BCUT2D eigenvalue weighted by Gasteiger charge is 2.19. The fourth-order valence-corrected chi connectivity index (χ4v) is 4.56. The number of unbranched alkanes of at least 4 members (excludes halogenated alkanes) is 2. The highest BCUT2D eigenvalue weighted by Crippen LogP contribution is 2.32. The van der Waals surface area contributed by atoms with Crippen LogP contribution in [0.3, 0.4) is 0 Å². The molecule has 1 amide bonds. The zero-order valence-electron chi connectivity index (χ0n) is 20.7. The van der Waals surface area contributed by atoms with E-state index in [1.54, 1.807) is 19.5 Å². The van der Waals surface area contributed by atoms with E-state index in [1.807, 2.05) is 24.3 Å². The average molecular weight is 472 g/mol. The second-order valence-electron chi connectivity index (χ2n) is 9.02. The van der Waals surface area contributed by atoms with Crippen LogP contribution in [0.4, 0.5) is 5.69 Å². The molecular formula is C29H36N4O2. The number of hydrogen-bond acceptors (Lipinski definition) is 5. The van der Waals surface area contributed by atoms with Gasteiger partial charge in [-0.1, -0.05) is 36.8 Å². The van der Waals surface area contributed by atoms with Gasteiger partial charge in [-0.3, -0.25) is 14.7 Å². The number of rotatable bonds is 11. The standard InChI is InChI=1S/C29H36N4O2/c1-35-26-12-10-25(11-13-26)27-7-4-5-8-28(27)33-21-19-32(20-22-33)18-6-2-3-9-29(34)31-23-24-14-16-30-17-15-24/h4-5,7-8,10-17H,2-3,6,9,18-23H2,1H3,(H,31,34)/i1-1. The van der Waals surface area contributed by atoms with Crippen LogP contribution >= 0.6 is 0 Å². The van der Waals surface area contributed by atoms with E-state index in [0.717, 1.165) is 63.3 Å². The van der Waals surface area contributed by atoms with E-state index in [-0.39, 0.29) is 5.91 Å². The number of amides is 1. The van der Waals surface area contributed by atoms with Gasteiger partial charge in [0.2, 0.25) is 5.91 Å². The summed E-state index contributed by atoms with van der Waals surface area (Å²) in [5.41, 5.74) is 4.87. The summed E-state index contributed by atoms with van der Waals surface area (Å²) < 4.78 is 5.31. The van der Waals surface area contributed by atoms with E-state index in [9.17, 15) is 4.79 Å². The number of hydrogen-bond donors (Lipinski definition) is 1. The summed E-state index contributed by atoms with van der Waals surface area (Å²) in [6.45, 7) is 5.89. The van der Waals surface area contributed by atoms with Crippen LogP contribution in [0.15, 0.2) is 73.1 Å². The molecule has 0 spiro atoms. The van der Waals surface area contributed by atoms with Gasteiger partial charge in [0.05, 0.1) is 7.11 Å². The van der Waals surface area contributed by atoms with Crippen molar-refractivity contribution in [3.8, 4) is 16.9 Å². The normalized spacial score (nSPS) is 14.0. The molecule has 1 N–H and O–H groups in total. The molecule has 0 unspecified atom stereocenters. The number of ether oxygens (including phenoxy) is 1. The molecule has 2 aromatic carbocycles. The number of anilines is 1. The third-order valence-corrected chi connectivity index (χ3v) is 6.64. The van der Waals surface area contributed by atoms with Crippen molar-refractivity contribution < 1.29 is 9.53 Å². The van der Waals surface area contributed by atoms with Crippen molar-refractivity contribution in [3.05, 3.63) is 78.6 Å². The van der Waals surface area contributed by atoms with Crippen molar-refractivity contribution in [1.82, 2.24) is 15.2 Å². The quantitative estimate of drug-likeness (QED) is 0.409. The molecule has 0 bridgehead atoms. The monoisotopic (exact) mass is 471 g/mol. The Balaban J connectivity index is 1.16. The van der Waals surface area contributed by atoms with Gasteiger partial charge < -0.3 is 15.0 Å². The summed E-state index contributed by atoms with van der Waals surface area (Å²) >= 11 is 0. The maximum Gasteiger partial charge on any atom is 0.220 e. The summed E-state index contributed by atoms with van der Waals surface area (Å²) in [6.07, 6.45) is 7.27.